The first-order valence-electron chi connectivity index (χ1n) is 6.89. The Labute approximate surface area is 120 Å². The van der Waals surface area contributed by atoms with Crippen LogP contribution in [0.4, 0.5) is 5.82 Å². The van der Waals surface area contributed by atoms with Crippen LogP contribution in [-0.4, -0.2) is 60.1 Å². The molecule has 1 aromatic rings. The normalized spacial score (nSPS) is 18.6. The minimum Gasteiger partial charge on any atom is -0.381 e. The first kappa shape index (κ1) is 15.3. The van der Waals surface area contributed by atoms with Gasteiger partial charge in [-0.05, 0) is 19.9 Å². The second-order valence-corrected chi connectivity index (χ2v) is 7.04. The van der Waals surface area contributed by atoms with Crippen LogP contribution >= 0.6 is 0 Å². The zero-order chi connectivity index (χ0) is 14.9. The maximum Gasteiger partial charge on any atom is 0.248 e. The van der Waals surface area contributed by atoms with Crippen LogP contribution in [0, 0.1) is 6.92 Å². The number of aromatic nitrogens is 2. The lowest BCUT2D eigenvalue weighted by molar-refractivity contribution is 0.188. The molecule has 1 fully saturated rings. The molecular formula is C12H23N5O2S. The standard InChI is InChI=1S/C12H23N5O2S/c1-4-5-16-6-8-17(9-7-16)20(18,19)11-10(2)15(3)14-12(11)13/h4-9H2,1-3H3,(H2,13,14). The van der Waals surface area contributed by atoms with Crippen molar-refractivity contribution in [3.63, 3.8) is 0 Å². The number of nitrogens with two attached hydrogens (primary N) is 1. The van der Waals surface area contributed by atoms with E-state index in [0.717, 1.165) is 26.1 Å². The summed E-state index contributed by atoms with van der Waals surface area (Å²) in [4.78, 5) is 2.44. The van der Waals surface area contributed by atoms with Crippen LogP contribution in [0.5, 0.6) is 0 Å². The molecule has 0 spiro atoms. The highest BCUT2D eigenvalue weighted by molar-refractivity contribution is 7.89. The Morgan fingerprint density at radius 2 is 1.85 bits per heavy atom. The van der Waals surface area contributed by atoms with Crippen LogP contribution in [0.25, 0.3) is 0 Å². The van der Waals surface area contributed by atoms with E-state index in [0.29, 0.717) is 18.8 Å². The Morgan fingerprint density at radius 1 is 1.25 bits per heavy atom. The summed E-state index contributed by atoms with van der Waals surface area (Å²) in [5, 5.41) is 3.99. The number of rotatable bonds is 4. The highest BCUT2D eigenvalue weighted by atomic mass is 32.2. The largest absolute Gasteiger partial charge is 0.381 e. The lowest BCUT2D eigenvalue weighted by Gasteiger charge is -2.33. The van der Waals surface area contributed by atoms with Crippen molar-refractivity contribution in [2.24, 2.45) is 7.05 Å². The van der Waals surface area contributed by atoms with Gasteiger partial charge in [0.05, 0.1) is 5.69 Å². The molecule has 0 atom stereocenters. The van der Waals surface area contributed by atoms with E-state index in [2.05, 4.69) is 16.9 Å². The van der Waals surface area contributed by atoms with E-state index in [9.17, 15) is 8.42 Å². The van der Waals surface area contributed by atoms with Gasteiger partial charge in [-0.1, -0.05) is 6.92 Å². The number of nitrogens with zero attached hydrogens (tertiary/aromatic N) is 4. The van der Waals surface area contributed by atoms with Crippen molar-refractivity contribution in [3.05, 3.63) is 5.69 Å². The molecule has 1 aromatic heterocycles. The molecule has 0 aliphatic carbocycles. The fraction of sp³-hybridized carbons (Fsp3) is 0.750. The highest BCUT2D eigenvalue weighted by Gasteiger charge is 2.33. The second-order valence-electron chi connectivity index (χ2n) is 5.17. The van der Waals surface area contributed by atoms with E-state index >= 15 is 0 Å². The maximum atomic E-state index is 12.7. The Kier molecular flexibility index (Phi) is 4.36. The molecule has 1 saturated heterocycles. The van der Waals surface area contributed by atoms with E-state index in [1.54, 1.807) is 14.0 Å². The summed E-state index contributed by atoms with van der Waals surface area (Å²) in [5.74, 6) is 0.0842. The van der Waals surface area contributed by atoms with Crippen LogP contribution < -0.4 is 5.73 Å². The van der Waals surface area contributed by atoms with Gasteiger partial charge in [0, 0.05) is 33.2 Å². The van der Waals surface area contributed by atoms with Gasteiger partial charge in [-0.3, -0.25) is 4.68 Å². The number of piperazine rings is 1. The number of sulfonamides is 1. The molecule has 0 amide bonds. The van der Waals surface area contributed by atoms with Gasteiger partial charge in [-0.25, -0.2) is 8.42 Å². The van der Waals surface area contributed by atoms with E-state index in [-0.39, 0.29) is 10.7 Å². The van der Waals surface area contributed by atoms with Crippen LogP contribution in [0.1, 0.15) is 19.0 Å². The van der Waals surface area contributed by atoms with Crippen LogP contribution in [0.3, 0.4) is 0 Å². The van der Waals surface area contributed by atoms with E-state index < -0.39 is 10.0 Å². The SMILES string of the molecule is CCCN1CCN(S(=O)(=O)c2c(N)nn(C)c2C)CC1. The third-order valence-electron chi connectivity index (χ3n) is 3.77. The third-order valence-corrected chi connectivity index (χ3v) is 5.84. The summed E-state index contributed by atoms with van der Waals surface area (Å²) in [7, 11) is -1.84. The number of hydrogen-bond acceptors (Lipinski definition) is 5. The van der Waals surface area contributed by atoms with Gasteiger partial charge in [-0.2, -0.15) is 9.40 Å². The Hall–Kier alpha value is -1.12. The maximum absolute atomic E-state index is 12.7. The predicted molar refractivity (Wildman–Crippen MR) is 77.8 cm³/mol. The van der Waals surface area contributed by atoms with Gasteiger partial charge in [0.15, 0.2) is 5.82 Å². The minimum absolute atomic E-state index is 0.0842. The number of hydrogen-bond donors (Lipinski definition) is 1. The van der Waals surface area contributed by atoms with Crippen LogP contribution in [0.15, 0.2) is 4.90 Å². The van der Waals surface area contributed by atoms with Crippen molar-refractivity contribution >= 4 is 15.8 Å². The van der Waals surface area contributed by atoms with Gasteiger partial charge in [0.25, 0.3) is 0 Å². The molecule has 1 aliphatic heterocycles. The molecule has 1 aliphatic rings. The molecule has 7 nitrogen and oxygen atoms in total. The number of aryl methyl sites for hydroxylation is 1. The van der Waals surface area contributed by atoms with Crippen molar-refractivity contribution in [1.29, 1.82) is 0 Å². The minimum atomic E-state index is -3.54. The molecule has 20 heavy (non-hydrogen) atoms. The lowest BCUT2D eigenvalue weighted by Crippen LogP contribution is -2.48. The molecule has 8 heteroatoms. The van der Waals surface area contributed by atoms with E-state index in [4.69, 9.17) is 5.73 Å². The molecule has 0 bridgehead atoms. The van der Waals surface area contributed by atoms with Crippen molar-refractivity contribution in [1.82, 2.24) is 19.0 Å². The fourth-order valence-electron chi connectivity index (χ4n) is 2.57. The molecule has 0 saturated carbocycles. The molecule has 2 rings (SSSR count). The Bertz CT molecular complexity index is 573. The summed E-state index contributed by atoms with van der Waals surface area (Å²) in [6.07, 6.45) is 1.08. The van der Waals surface area contributed by atoms with Crippen molar-refractivity contribution in [3.8, 4) is 0 Å². The molecule has 114 valence electrons. The van der Waals surface area contributed by atoms with Crippen molar-refractivity contribution in [2.75, 3.05) is 38.5 Å². The van der Waals surface area contributed by atoms with Crippen molar-refractivity contribution < 1.29 is 8.42 Å². The highest BCUT2D eigenvalue weighted by Crippen LogP contribution is 2.25. The number of anilines is 1. The summed E-state index contributed by atoms with van der Waals surface area (Å²) < 4.78 is 28.4. The van der Waals surface area contributed by atoms with E-state index in [1.165, 1.54) is 8.99 Å². The van der Waals surface area contributed by atoms with Crippen LogP contribution in [-0.2, 0) is 17.1 Å². The first-order valence-corrected chi connectivity index (χ1v) is 8.33. The van der Waals surface area contributed by atoms with Gasteiger partial charge in [-0.15, -0.1) is 0 Å². The quantitative estimate of drug-likeness (QED) is 0.848. The van der Waals surface area contributed by atoms with Gasteiger partial charge < -0.3 is 10.6 Å². The fourth-order valence-corrected chi connectivity index (χ4v) is 4.28. The zero-order valence-corrected chi connectivity index (χ0v) is 13.2. The van der Waals surface area contributed by atoms with Gasteiger partial charge in [0.1, 0.15) is 4.90 Å². The molecule has 2 N–H and O–H groups in total. The van der Waals surface area contributed by atoms with Gasteiger partial charge >= 0.3 is 0 Å². The van der Waals surface area contributed by atoms with Gasteiger partial charge in [0.2, 0.25) is 10.0 Å². The Morgan fingerprint density at radius 3 is 2.30 bits per heavy atom. The first-order chi connectivity index (χ1) is 9.37. The topological polar surface area (TPSA) is 84.5 Å². The summed E-state index contributed by atoms with van der Waals surface area (Å²) >= 11 is 0. The molecular weight excluding hydrogens is 278 g/mol. The second kappa shape index (κ2) is 5.71. The van der Waals surface area contributed by atoms with E-state index in [1.807, 2.05) is 0 Å². The Balaban J connectivity index is 2.20. The third kappa shape index (κ3) is 2.68. The molecule has 0 unspecified atom stereocenters. The van der Waals surface area contributed by atoms with Crippen molar-refractivity contribution in [2.45, 2.75) is 25.2 Å². The molecule has 0 radical (unpaired) electrons. The monoisotopic (exact) mass is 301 g/mol. The average Bonchev–Trinajstić information content (AvgIpc) is 2.64. The smallest absolute Gasteiger partial charge is 0.248 e. The summed E-state index contributed by atoms with van der Waals surface area (Å²) in [6, 6.07) is 0. The predicted octanol–water partition coefficient (Wildman–Crippen LogP) is 0.0270. The summed E-state index contributed by atoms with van der Waals surface area (Å²) in [6.45, 7) is 7.43. The lowest BCUT2D eigenvalue weighted by atomic mass is 10.3. The number of nitrogen functional groups attached to an aromatic ring is 1. The molecule has 2 heterocycles. The molecule has 0 aromatic carbocycles. The zero-order valence-electron chi connectivity index (χ0n) is 12.3. The van der Waals surface area contributed by atoms with Crippen LogP contribution in [0.2, 0.25) is 0 Å². The summed E-state index contributed by atoms with van der Waals surface area (Å²) in [5.41, 5.74) is 6.34. The average molecular weight is 301 g/mol.